The van der Waals surface area contributed by atoms with Gasteiger partial charge in [-0.3, -0.25) is 0 Å². The molecule has 0 unspecified atom stereocenters. The van der Waals surface area contributed by atoms with Gasteiger partial charge in [0.1, 0.15) is 0 Å². The van der Waals surface area contributed by atoms with E-state index in [-0.39, 0.29) is 85.9 Å². The van der Waals surface area contributed by atoms with Crippen molar-refractivity contribution in [3.8, 4) is 0 Å². The minimum absolute atomic E-state index is 0. The van der Waals surface area contributed by atoms with E-state index >= 15 is 0 Å². The molecular weight excluding hydrogens is 344 g/mol. The van der Waals surface area contributed by atoms with Crippen LogP contribution in [0.5, 0.6) is 0 Å². The summed E-state index contributed by atoms with van der Waals surface area (Å²) in [4.78, 5) is 12.5. The third-order valence-corrected chi connectivity index (χ3v) is 2.92. The van der Waals surface area contributed by atoms with Gasteiger partial charge in [-0.25, -0.2) is 0 Å². The molecule has 0 heterocycles. The average Bonchev–Trinajstić information content (AvgIpc) is 2.11. The van der Waals surface area contributed by atoms with E-state index in [0.717, 1.165) is 12.8 Å². The molecule has 0 saturated heterocycles. The first-order valence-electron chi connectivity index (χ1n) is 8.32. The van der Waals surface area contributed by atoms with Crippen LogP contribution in [-0.4, -0.2) is 11.4 Å². The fourth-order valence-corrected chi connectivity index (χ4v) is 3.17. The Bertz CT molecular complexity index is 319. The standard InChI is InChI=1S/C17H35NO.C2H6.Rb/c1-14(2,3)11-16(7,8)13(19)18-17(9,10)12-15(4,5)6;1-2;/h11-12H2,1-10H3,(H,18,19);1-2H3;/q;;+1/p-1. The number of hydrogen-bond donors (Lipinski definition) is 0. The SMILES string of the molecule is CC.CC(C)(C)CC(C)(C)[N-]C(=O)C(C)(C)CC(C)(C)C.[Rb+]. The van der Waals surface area contributed by atoms with Crippen molar-refractivity contribution in [2.45, 2.75) is 101 Å². The number of rotatable bonds is 4. The van der Waals surface area contributed by atoms with Crippen LogP contribution in [0.3, 0.4) is 0 Å². The van der Waals surface area contributed by atoms with Gasteiger partial charge in [-0.15, -0.1) is 5.54 Å². The molecule has 0 aromatic heterocycles. The summed E-state index contributed by atoms with van der Waals surface area (Å²) in [5.74, 6) is 0.0386. The normalized spacial score (nSPS) is 12.7. The first kappa shape index (κ1) is 28.1. The number of nitrogens with zero attached hydrogens (tertiary/aromatic N) is 1. The Morgan fingerprint density at radius 3 is 1.32 bits per heavy atom. The molecule has 0 aliphatic carbocycles. The molecule has 0 aromatic carbocycles. The van der Waals surface area contributed by atoms with Gasteiger partial charge in [0.25, 0.3) is 0 Å². The molecule has 0 aliphatic heterocycles. The molecule has 0 atom stereocenters. The van der Waals surface area contributed by atoms with Crippen LogP contribution >= 0.6 is 0 Å². The molecule has 0 N–H and O–H groups in total. The zero-order valence-corrected chi connectivity index (χ0v) is 22.7. The molecular formula is C19H40NORb. The van der Waals surface area contributed by atoms with Gasteiger partial charge in [-0.1, -0.05) is 89.5 Å². The Labute approximate surface area is 189 Å². The van der Waals surface area contributed by atoms with Crippen molar-refractivity contribution in [1.82, 2.24) is 0 Å². The number of hydrogen-bond acceptors (Lipinski definition) is 1. The average molecular weight is 384 g/mol. The molecule has 0 bridgehead atoms. The summed E-state index contributed by atoms with van der Waals surface area (Å²) in [7, 11) is 0. The topological polar surface area (TPSA) is 31.2 Å². The second-order valence-electron chi connectivity index (χ2n) is 9.59. The van der Waals surface area contributed by atoms with E-state index in [4.69, 9.17) is 0 Å². The molecule has 2 nitrogen and oxygen atoms in total. The molecule has 3 heteroatoms. The Morgan fingerprint density at radius 2 is 1.05 bits per heavy atom. The number of carbonyl (C=O) groups is 1. The molecule has 0 radical (unpaired) electrons. The van der Waals surface area contributed by atoms with Gasteiger partial charge in [0.15, 0.2) is 0 Å². The van der Waals surface area contributed by atoms with Crippen molar-refractivity contribution >= 4 is 5.91 Å². The molecule has 128 valence electrons. The summed E-state index contributed by atoms with van der Waals surface area (Å²) in [6.45, 7) is 25.2. The monoisotopic (exact) mass is 383 g/mol. The number of carbonyl (C=O) groups excluding carboxylic acids is 1. The van der Waals surface area contributed by atoms with Crippen LogP contribution in [0.1, 0.15) is 95.9 Å². The summed E-state index contributed by atoms with van der Waals surface area (Å²) < 4.78 is 0. The molecule has 0 fully saturated rings. The summed E-state index contributed by atoms with van der Waals surface area (Å²) in [5.41, 5.74) is -0.345. The van der Waals surface area contributed by atoms with E-state index in [9.17, 15) is 4.79 Å². The van der Waals surface area contributed by atoms with Crippen LogP contribution in [0.4, 0.5) is 0 Å². The minimum atomic E-state index is -0.382. The molecule has 22 heavy (non-hydrogen) atoms. The van der Waals surface area contributed by atoms with Crippen LogP contribution in [0, 0.1) is 16.2 Å². The maximum absolute atomic E-state index is 12.5. The quantitative estimate of drug-likeness (QED) is 0.729. The van der Waals surface area contributed by atoms with Crippen molar-refractivity contribution in [1.29, 1.82) is 0 Å². The predicted octanol–water partition coefficient (Wildman–Crippen LogP) is 3.59. The van der Waals surface area contributed by atoms with Crippen molar-refractivity contribution in [2.24, 2.45) is 16.2 Å². The third-order valence-electron chi connectivity index (χ3n) is 2.92. The Morgan fingerprint density at radius 1 is 0.727 bits per heavy atom. The maximum Gasteiger partial charge on any atom is 1.00 e. The van der Waals surface area contributed by atoms with Crippen molar-refractivity contribution in [2.75, 3.05) is 0 Å². The van der Waals surface area contributed by atoms with E-state index in [1.165, 1.54) is 0 Å². The fourth-order valence-electron chi connectivity index (χ4n) is 3.17. The Kier molecular flexibility index (Phi) is 13.2. The van der Waals surface area contributed by atoms with Crippen molar-refractivity contribution in [3.05, 3.63) is 5.32 Å². The smallest absolute Gasteiger partial charge is 0.648 e. The molecule has 0 aliphatic rings. The Balaban J connectivity index is -0.00000115. The second-order valence-corrected chi connectivity index (χ2v) is 9.59. The zero-order valence-electron chi connectivity index (χ0n) is 17.8. The van der Waals surface area contributed by atoms with Crippen LogP contribution in [0.15, 0.2) is 0 Å². The van der Waals surface area contributed by atoms with Crippen LogP contribution in [0.25, 0.3) is 5.32 Å². The van der Waals surface area contributed by atoms with E-state index in [2.05, 4.69) is 60.7 Å². The third kappa shape index (κ3) is 14.8. The van der Waals surface area contributed by atoms with Gasteiger partial charge in [-0.05, 0) is 17.3 Å². The van der Waals surface area contributed by atoms with E-state index in [1.54, 1.807) is 0 Å². The molecule has 0 saturated carbocycles. The summed E-state index contributed by atoms with van der Waals surface area (Å²) in [5, 5.41) is 4.51. The van der Waals surface area contributed by atoms with Gasteiger partial charge < -0.3 is 10.1 Å². The van der Waals surface area contributed by atoms with E-state index in [1.807, 2.05) is 27.7 Å². The molecule has 1 amide bonds. The van der Waals surface area contributed by atoms with E-state index < -0.39 is 0 Å². The Hall–Kier alpha value is 1.28. The van der Waals surface area contributed by atoms with Gasteiger partial charge >= 0.3 is 58.2 Å². The van der Waals surface area contributed by atoms with Crippen LogP contribution in [0.2, 0.25) is 0 Å². The predicted molar refractivity (Wildman–Crippen MR) is 95.7 cm³/mol. The summed E-state index contributed by atoms with van der Waals surface area (Å²) in [6, 6.07) is 0. The van der Waals surface area contributed by atoms with Gasteiger partial charge in [-0.2, -0.15) is 0 Å². The molecule has 0 rings (SSSR count). The van der Waals surface area contributed by atoms with Gasteiger partial charge in [0.2, 0.25) is 0 Å². The molecule has 0 aromatic rings. The van der Waals surface area contributed by atoms with Gasteiger partial charge in [0.05, 0.1) is 5.91 Å². The largest absolute Gasteiger partial charge is 1.00 e. The first-order valence-corrected chi connectivity index (χ1v) is 8.32. The van der Waals surface area contributed by atoms with Crippen molar-refractivity contribution in [3.63, 3.8) is 0 Å². The number of amides is 1. The summed E-state index contributed by atoms with van der Waals surface area (Å²) >= 11 is 0. The van der Waals surface area contributed by atoms with Gasteiger partial charge in [0, 0.05) is 5.41 Å². The summed E-state index contributed by atoms with van der Waals surface area (Å²) in [6.07, 6.45) is 1.77. The minimum Gasteiger partial charge on any atom is -0.648 e. The fraction of sp³-hybridized carbons (Fsp3) is 0.947. The van der Waals surface area contributed by atoms with Crippen LogP contribution < -0.4 is 58.2 Å². The van der Waals surface area contributed by atoms with Crippen molar-refractivity contribution < 1.29 is 63.0 Å². The van der Waals surface area contributed by atoms with E-state index in [0.29, 0.717) is 0 Å². The molecule has 0 spiro atoms. The second kappa shape index (κ2) is 10.3. The maximum atomic E-state index is 12.5. The first-order chi connectivity index (χ1) is 9.04. The zero-order chi connectivity index (χ0) is 17.7. The van der Waals surface area contributed by atoms with Crippen LogP contribution in [-0.2, 0) is 4.79 Å².